The maximum Gasteiger partial charge on any atom is 0.338 e. The van der Waals surface area contributed by atoms with Crippen molar-refractivity contribution in [3.63, 3.8) is 0 Å². The predicted molar refractivity (Wildman–Crippen MR) is 107 cm³/mol. The fourth-order valence-electron chi connectivity index (χ4n) is 2.49. The van der Waals surface area contributed by atoms with E-state index in [0.717, 1.165) is 16.8 Å². The summed E-state index contributed by atoms with van der Waals surface area (Å²) >= 11 is 0. The van der Waals surface area contributed by atoms with Gasteiger partial charge in [0.05, 0.1) is 12.1 Å². The molecule has 0 aromatic heterocycles. The normalized spacial score (nSPS) is 11.0. The topological polar surface area (TPSA) is 76.7 Å². The van der Waals surface area contributed by atoms with Gasteiger partial charge in [0.2, 0.25) is 0 Å². The molecule has 5 nitrogen and oxygen atoms in total. The van der Waals surface area contributed by atoms with E-state index in [9.17, 15) is 4.79 Å². The molecule has 0 aliphatic heterocycles. The molecule has 0 unspecified atom stereocenters. The second-order valence-electron chi connectivity index (χ2n) is 5.95. The summed E-state index contributed by atoms with van der Waals surface area (Å²) in [5.41, 5.74) is 9.10. The second kappa shape index (κ2) is 9.20. The first-order valence-electron chi connectivity index (χ1n) is 8.63. The fraction of sp³-hybridized carbons (Fsp3) is 0.0909. The van der Waals surface area contributed by atoms with Crippen LogP contribution in [0.4, 0.5) is 5.69 Å². The molecule has 0 aliphatic rings. The number of aliphatic imine (C=N–C) groups is 1. The van der Waals surface area contributed by atoms with Crippen LogP contribution >= 0.6 is 0 Å². The molecule has 0 saturated carbocycles. The zero-order valence-electron chi connectivity index (χ0n) is 14.8. The van der Waals surface area contributed by atoms with Crippen molar-refractivity contribution in [2.24, 2.45) is 10.7 Å². The molecular weight excluding hydrogens is 338 g/mol. The van der Waals surface area contributed by atoms with Crippen LogP contribution in [0.3, 0.4) is 0 Å². The second-order valence-corrected chi connectivity index (χ2v) is 5.95. The minimum atomic E-state index is -0.361. The average molecular weight is 359 g/mol. The number of hydrogen-bond donors (Lipinski definition) is 2. The highest BCUT2D eigenvalue weighted by Gasteiger charge is 2.08. The smallest absolute Gasteiger partial charge is 0.338 e. The molecule has 3 rings (SSSR count). The van der Waals surface area contributed by atoms with Crippen molar-refractivity contribution in [3.8, 4) is 0 Å². The van der Waals surface area contributed by atoms with Crippen LogP contribution in [-0.2, 0) is 17.9 Å². The maximum absolute atomic E-state index is 12.3. The number of nitrogens with zero attached hydrogens (tertiary/aromatic N) is 1. The van der Waals surface area contributed by atoms with Crippen molar-refractivity contribution >= 4 is 17.6 Å². The lowest BCUT2D eigenvalue weighted by atomic mass is 10.1. The summed E-state index contributed by atoms with van der Waals surface area (Å²) in [6.07, 6.45) is 0. The lowest BCUT2D eigenvalue weighted by Crippen LogP contribution is -2.22. The van der Waals surface area contributed by atoms with E-state index in [0.29, 0.717) is 18.1 Å². The summed E-state index contributed by atoms with van der Waals surface area (Å²) in [6.45, 7) is 0.613. The summed E-state index contributed by atoms with van der Waals surface area (Å²) in [6, 6.07) is 26.4. The third-order valence-corrected chi connectivity index (χ3v) is 3.85. The molecule has 0 aliphatic carbocycles. The molecule has 0 amide bonds. The fourth-order valence-corrected chi connectivity index (χ4v) is 2.49. The number of benzene rings is 3. The van der Waals surface area contributed by atoms with Crippen molar-refractivity contribution in [2.45, 2.75) is 13.2 Å². The van der Waals surface area contributed by atoms with Crippen LogP contribution in [0.2, 0.25) is 0 Å². The van der Waals surface area contributed by atoms with Crippen molar-refractivity contribution in [3.05, 3.63) is 102 Å². The van der Waals surface area contributed by atoms with Crippen molar-refractivity contribution in [2.75, 3.05) is 5.32 Å². The van der Waals surface area contributed by atoms with Gasteiger partial charge in [-0.05, 0) is 35.4 Å². The number of carbonyl (C=O) groups excluding carboxylic acids is 1. The third-order valence-electron chi connectivity index (χ3n) is 3.85. The molecule has 0 saturated heterocycles. The number of carbonyl (C=O) groups is 1. The van der Waals surface area contributed by atoms with Crippen LogP contribution in [0.1, 0.15) is 21.5 Å². The molecule has 3 N–H and O–H groups in total. The Labute approximate surface area is 158 Å². The molecule has 0 fully saturated rings. The molecule has 0 bridgehead atoms. The van der Waals surface area contributed by atoms with Gasteiger partial charge in [-0.25, -0.2) is 9.79 Å². The highest BCUT2D eigenvalue weighted by molar-refractivity contribution is 5.92. The summed E-state index contributed by atoms with van der Waals surface area (Å²) < 4.78 is 5.36. The van der Waals surface area contributed by atoms with Crippen molar-refractivity contribution in [1.29, 1.82) is 0 Å². The van der Waals surface area contributed by atoms with Crippen LogP contribution in [0.25, 0.3) is 0 Å². The molecule has 3 aromatic carbocycles. The van der Waals surface area contributed by atoms with E-state index in [1.807, 2.05) is 72.8 Å². The SMILES string of the molecule is NC(=NCc1cccc(C(=O)OCc2ccccc2)c1)Nc1ccccc1. The molecule has 5 heteroatoms. The zero-order valence-corrected chi connectivity index (χ0v) is 14.8. The number of ether oxygens (including phenoxy) is 1. The number of hydrogen-bond acceptors (Lipinski definition) is 3. The van der Waals surface area contributed by atoms with Gasteiger partial charge < -0.3 is 15.8 Å². The summed E-state index contributed by atoms with van der Waals surface area (Å²) in [4.78, 5) is 16.6. The molecule has 27 heavy (non-hydrogen) atoms. The number of nitrogens with one attached hydrogen (secondary N) is 1. The van der Waals surface area contributed by atoms with Gasteiger partial charge in [0.1, 0.15) is 6.61 Å². The molecular formula is C22H21N3O2. The molecule has 0 spiro atoms. The third kappa shape index (κ3) is 5.71. The largest absolute Gasteiger partial charge is 0.457 e. The Morgan fingerprint density at radius 2 is 1.56 bits per heavy atom. The van der Waals surface area contributed by atoms with Gasteiger partial charge in [-0.15, -0.1) is 0 Å². The molecule has 136 valence electrons. The lowest BCUT2D eigenvalue weighted by molar-refractivity contribution is 0.0472. The summed E-state index contributed by atoms with van der Waals surface area (Å²) in [5, 5.41) is 3.02. The van der Waals surface area contributed by atoms with E-state index in [1.165, 1.54) is 0 Å². The Kier molecular flexibility index (Phi) is 6.20. The van der Waals surface area contributed by atoms with Gasteiger partial charge in [0.25, 0.3) is 0 Å². The standard InChI is InChI=1S/C22H21N3O2/c23-22(25-20-12-5-2-6-13-20)24-15-18-10-7-11-19(14-18)21(26)27-16-17-8-3-1-4-9-17/h1-14H,15-16H2,(H3,23,24,25). The summed E-state index contributed by atoms with van der Waals surface area (Å²) in [7, 11) is 0. The summed E-state index contributed by atoms with van der Waals surface area (Å²) in [5.74, 6) is -0.0432. The molecule has 0 heterocycles. The first-order chi connectivity index (χ1) is 13.2. The maximum atomic E-state index is 12.3. The number of nitrogens with two attached hydrogens (primary N) is 1. The van der Waals surface area contributed by atoms with Gasteiger partial charge >= 0.3 is 5.97 Å². The number of guanidine groups is 1. The van der Waals surface area contributed by atoms with Crippen molar-refractivity contribution in [1.82, 2.24) is 0 Å². The van der Waals surface area contributed by atoms with E-state index in [-0.39, 0.29) is 12.6 Å². The van der Waals surface area contributed by atoms with Crippen molar-refractivity contribution < 1.29 is 9.53 Å². The molecule has 3 aromatic rings. The minimum absolute atomic E-state index is 0.246. The van der Waals surface area contributed by atoms with Gasteiger partial charge in [-0.2, -0.15) is 0 Å². The van der Waals surface area contributed by atoms with E-state index in [2.05, 4.69) is 10.3 Å². The Balaban J connectivity index is 1.58. The van der Waals surface area contributed by atoms with Gasteiger partial charge in [-0.1, -0.05) is 60.7 Å². The Morgan fingerprint density at radius 3 is 2.30 bits per heavy atom. The van der Waals surface area contributed by atoms with E-state index >= 15 is 0 Å². The Hall–Kier alpha value is -3.60. The van der Waals surface area contributed by atoms with Gasteiger partial charge in [0, 0.05) is 5.69 Å². The van der Waals surface area contributed by atoms with Crippen LogP contribution in [0.5, 0.6) is 0 Å². The van der Waals surface area contributed by atoms with E-state index < -0.39 is 0 Å². The average Bonchev–Trinajstić information content (AvgIpc) is 2.72. The minimum Gasteiger partial charge on any atom is -0.457 e. The first kappa shape index (κ1) is 18.2. The van der Waals surface area contributed by atoms with Crippen LogP contribution in [0.15, 0.2) is 89.9 Å². The lowest BCUT2D eigenvalue weighted by Gasteiger charge is -2.07. The van der Waals surface area contributed by atoms with Crippen LogP contribution in [-0.4, -0.2) is 11.9 Å². The van der Waals surface area contributed by atoms with E-state index in [4.69, 9.17) is 10.5 Å². The predicted octanol–water partition coefficient (Wildman–Crippen LogP) is 3.97. The molecule has 0 atom stereocenters. The van der Waals surface area contributed by atoms with Gasteiger partial charge in [-0.3, -0.25) is 0 Å². The first-order valence-corrected chi connectivity index (χ1v) is 8.63. The van der Waals surface area contributed by atoms with Crippen LogP contribution in [0, 0.1) is 0 Å². The van der Waals surface area contributed by atoms with Crippen LogP contribution < -0.4 is 11.1 Å². The Morgan fingerprint density at radius 1 is 0.889 bits per heavy atom. The van der Waals surface area contributed by atoms with E-state index in [1.54, 1.807) is 12.1 Å². The number of para-hydroxylation sites is 1. The quantitative estimate of drug-likeness (QED) is 0.397. The highest BCUT2D eigenvalue weighted by Crippen LogP contribution is 2.10. The highest BCUT2D eigenvalue weighted by atomic mass is 16.5. The zero-order chi connectivity index (χ0) is 18.9. The number of anilines is 1. The number of rotatable bonds is 6. The number of esters is 1. The molecule has 0 radical (unpaired) electrons. The monoisotopic (exact) mass is 359 g/mol. The van der Waals surface area contributed by atoms with Gasteiger partial charge in [0.15, 0.2) is 5.96 Å². The Bertz CT molecular complexity index is 909.